The molecule has 1 fully saturated rings. The molecule has 2 rings (SSSR count). The van der Waals surface area contributed by atoms with Crippen molar-refractivity contribution in [1.29, 1.82) is 0 Å². The maximum absolute atomic E-state index is 11.9. The minimum absolute atomic E-state index is 0. The number of hydrogen-bond donors (Lipinski definition) is 2. The average Bonchev–Trinajstić information content (AvgIpc) is 2.59. The molecule has 1 amide bonds. The zero-order chi connectivity index (χ0) is 15.5. The lowest BCUT2D eigenvalue weighted by Gasteiger charge is -2.21. The van der Waals surface area contributed by atoms with E-state index < -0.39 is 0 Å². The van der Waals surface area contributed by atoms with E-state index in [9.17, 15) is 4.79 Å². The van der Waals surface area contributed by atoms with Crippen molar-refractivity contribution in [1.82, 2.24) is 10.6 Å². The van der Waals surface area contributed by atoms with Crippen LogP contribution in [0.2, 0.25) is 0 Å². The molecule has 1 aliphatic heterocycles. The number of unbranched alkanes of at least 4 members (excludes halogenated alkanes) is 1. The van der Waals surface area contributed by atoms with Gasteiger partial charge in [-0.2, -0.15) is 0 Å². The van der Waals surface area contributed by atoms with E-state index in [-0.39, 0.29) is 24.2 Å². The van der Waals surface area contributed by atoms with Gasteiger partial charge in [0.2, 0.25) is 5.91 Å². The Morgan fingerprint density at radius 1 is 1.13 bits per heavy atom. The fourth-order valence-corrected chi connectivity index (χ4v) is 2.71. The summed E-state index contributed by atoms with van der Waals surface area (Å²) in [5.41, 5.74) is 1.32. The molecule has 130 valence electrons. The molecule has 5 heteroatoms. The lowest BCUT2D eigenvalue weighted by atomic mass is 9.97. The first-order valence-electron chi connectivity index (χ1n) is 8.46. The minimum atomic E-state index is 0. The summed E-state index contributed by atoms with van der Waals surface area (Å²) in [7, 11) is 0. The number of hydrogen-bond acceptors (Lipinski definition) is 3. The Hall–Kier alpha value is -1.10. The molecule has 4 nitrogen and oxygen atoms in total. The molecule has 0 radical (unpaired) electrons. The Balaban J connectivity index is 0.00000264. The first-order valence-corrected chi connectivity index (χ1v) is 8.46. The Morgan fingerprint density at radius 2 is 1.87 bits per heavy atom. The lowest BCUT2D eigenvalue weighted by molar-refractivity contribution is -0.125. The largest absolute Gasteiger partial charge is 0.381 e. The Morgan fingerprint density at radius 3 is 2.61 bits per heavy atom. The fraction of sp³-hybridized carbons (Fsp3) is 0.611. The number of piperidine rings is 1. The van der Waals surface area contributed by atoms with Gasteiger partial charge in [0.05, 0.1) is 6.61 Å². The predicted molar refractivity (Wildman–Crippen MR) is 96.1 cm³/mol. The highest BCUT2D eigenvalue weighted by Gasteiger charge is 2.19. The minimum Gasteiger partial charge on any atom is -0.381 e. The van der Waals surface area contributed by atoms with Crippen LogP contribution in [0.3, 0.4) is 0 Å². The molecule has 0 spiro atoms. The molecule has 0 unspecified atom stereocenters. The third kappa shape index (κ3) is 8.35. The van der Waals surface area contributed by atoms with E-state index in [0.717, 1.165) is 65.0 Å². The van der Waals surface area contributed by atoms with Crippen molar-refractivity contribution in [3.63, 3.8) is 0 Å². The molecule has 0 bridgehead atoms. The zero-order valence-electron chi connectivity index (χ0n) is 13.8. The molecule has 0 aliphatic carbocycles. The second-order valence-corrected chi connectivity index (χ2v) is 5.87. The topological polar surface area (TPSA) is 50.4 Å². The van der Waals surface area contributed by atoms with E-state index in [1.54, 1.807) is 0 Å². The third-order valence-corrected chi connectivity index (χ3v) is 4.10. The number of carbonyl (C=O) groups is 1. The van der Waals surface area contributed by atoms with Crippen LogP contribution in [0, 0.1) is 5.92 Å². The van der Waals surface area contributed by atoms with Crippen LogP contribution in [0.4, 0.5) is 0 Å². The number of rotatable bonds is 9. The van der Waals surface area contributed by atoms with Gasteiger partial charge in [0.15, 0.2) is 0 Å². The Kier molecular flexibility index (Phi) is 10.7. The van der Waals surface area contributed by atoms with Crippen LogP contribution in [0.5, 0.6) is 0 Å². The maximum Gasteiger partial charge on any atom is 0.223 e. The van der Waals surface area contributed by atoms with Gasteiger partial charge in [-0.3, -0.25) is 4.79 Å². The van der Waals surface area contributed by atoms with Crippen molar-refractivity contribution in [2.75, 3.05) is 32.8 Å². The summed E-state index contributed by atoms with van der Waals surface area (Å²) in [4.78, 5) is 11.9. The van der Waals surface area contributed by atoms with Crippen molar-refractivity contribution >= 4 is 18.3 Å². The highest BCUT2D eigenvalue weighted by Crippen LogP contribution is 2.11. The van der Waals surface area contributed by atoms with Gasteiger partial charge >= 0.3 is 0 Å². The van der Waals surface area contributed by atoms with E-state index in [1.165, 1.54) is 5.56 Å². The highest BCUT2D eigenvalue weighted by atomic mass is 35.5. The molecule has 1 saturated heterocycles. The predicted octanol–water partition coefficient (Wildman–Crippen LogP) is 2.56. The van der Waals surface area contributed by atoms with E-state index in [2.05, 4.69) is 34.9 Å². The first kappa shape index (κ1) is 19.9. The van der Waals surface area contributed by atoms with E-state index >= 15 is 0 Å². The van der Waals surface area contributed by atoms with Gasteiger partial charge in [-0.25, -0.2) is 0 Å². The Labute approximate surface area is 145 Å². The molecule has 0 atom stereocenters. The Bertz CT molecular complexity index is 422. The van der Waals surface area contributed by atoms with Crippen LogP contribution < -0.4 is 10.6 Å². The first-order chi connectivity index (χ1) is 10.9. The molecule has 1 aromatic rings. The van der Waals surface area contributed by atoms with Crippen molar-refractivity contribution in [3.8, 4) is 0 Å². The molecule has 2 N–H and O–H groups in total. The summed E-state index contributed by atoms with van der Waals surface area (Å²) in [6.45, 7) is 4.24. The quantitative estimate of drug-likeness (QED) is 0.679. The maximum atomic E-state index is 11.9. The molecular formula is C18H29ClN2O2. The van der Waals surface area contributed by atoms with Gasteiger partial charge in [0, 0.05) is 19.1 Å². The van der Waals surface area contributed by atoms with E-state index in [1.807, 2.05) is 6.07 Å². The van der Waals surface area contributed by atoms with E-state index in [0.29, 0.717) is 0 Å². The molecule has 1 heterocycles. The van der Waals surface area contributed by atoms with Crippen molar-refractivity contribution < 1.29 is 9.53 Å². The number of ether oxygens (including phenoxy) is 1. The molecule has 0 saturated carbocycles. The number of benzene rings is 1. The standard InChI is InChI=1S/C18H28N2O2.ClH/c21-18(17-8-12-19-13-9-17)20-11-4-5-14-22-15-10-16-6-2-1-3-7-16;/h1-3,6-7,17,19H,4-5,8-15H2,(H,20,21);1H. The molecule has 0 aromatic heterocycles. The number of carbonyl (C=O) groups excluding carboxylic acids is 1. The summed E-state index contributed by atoms with van der Waals surface area (Å²) in [5.74, 6) is 0.440. The molecule has 1 aliphatic rings. The molecular weight excluding hydrogens is 312 g/mol. The van der Waals surface area contributed by atoms with Gasteiger partial charge < -0.3 is 15.4 Å². The summed E-state index contributed by atoms with van der Waals surface area (Å²) in [6.07, 6.45) is 4.89. The highest BCUT2D eigenvalue weighted by molar-refractivity contribution is 5.85. The monoisotopic (exact) mass is 340 g/mol. The van der Waals surface area contributed by atoms with Gasteiger partial charge in [0.1, 0.15) is 0 Å². The number of halogens is 1. The van der Waals surface area contributed by atoms with Crippen LogP contribution in [0.15, 0.2) is 30.3 Å². The summed E-state index contributed by atoms with van der Waals surface area (Å²) < 4.78 is 5.64. The van der Waals surface area contributed by atoms with Crippen molar-refractivity contribution in [3.05, 3.63) is 35.9 Å². The second-order valence-electron chi connectivity index (χ2n) is 5.87. The summed E-state index contributed by atoms with van der Waals surface area (Å²) >= 11 is 0. The zero-order valence-corrected chi connectivity index (χ0v) is 14.6. The second kappa shape index (κ2) is 12.3. The van der Waals surface area contributed by atoms with Gasteiger partial charge in [-0.15, -0.1) is 12.4 Å². The lowest BCUT2D eigenvalue weighted by Crippen LogP contribution is -2.38. The van der Waals surface area contributed by atoms with E-state index in [4.69, 9.17) is 4.74 Å². The van der Waals surface area contributed by atoms with Gasteiger partial charge in [-0.1, -0.05) is 30.3 Å². The normalized spacial score (nSPS) is 15.0. The van der Waals surface area contributed by atoms with Crippen LogP contribution in [-0.2, 0) is 16.0 Å². The third-order valence-electron chi connectivity index (χ3n) is 4.10. The van der Waals surface area contributed by atoms with Gasteiger partial charge in [-0.05, 0) is 50.8 Å². The number of amides is 1. The summed E-state index contributed by atoms with van der Waals surface area (Å²) in [6, 6.07) is 10.4. The molecule has 1 aromatic carbocycles. The van der Waals surface area contributed by atoms with Crippen molar-refractivity contribution in [2.45, 2.75) is 32.1 Å². The fourth-order valence-electron chi connectivity index (χ4n) is 2.71. The van der Waals surface area contributed by atoms with Crippen LogP contribution in [0.1, 0.15) is 31.2 Å². The average molecular weight is 341 g/mol. The van der Waals surface area contributed by atoms with Crippen LogP contribution in [0.25, 0.3) is 0 Å². The van der Waals surface area contributed by atoms with Crippen LogP contribution >= 0.6 is 12.4 Å². The van der Waals surface area contributed by atoms with Crippen LogP contribution in [-0.4, -0.2) is 38.8 Å². The SMILES string of the molecule is Cl.O=C(NCCCCOCCc1ccccc1)C1CCNCC1. The molecule has 23 heavy (non-hydrogen) atoms. The number of nitrogens with one attached hydrogen (secondary N) is 2. The van der Waals surface area contributed by atoms with Crippen molar-refractivity contribution in [2.24, 2.45) is 5.92 Å². The van der Waals surface area contributed by atoms with Gasteiger partial charge in [0.25, 0.3) is 0 Å². The smallest absolute Gasteiger partial charge is 0.223 e. The summed E-state index contributed by atoms with van der Waals surface area (Å²) in [5, 5.41) is 6.33.